The summed E-state index contributed by atoms with van der Waals surface area (Å²) < 4.78 is 5.54. The molecule has 3 aliphatic rings. The number of carbonyl (C=O) groups excluding carboxylic acids is 3. The fraction of sp³-hybridized carbons (Fsp3) is 0.690. The molecule has 9 nitrogen and oxygen atoms in total. The summed E-state index contributed by atoms with van der Waals surface area (Å²) in [4.78, 5) is 50.6. The summed E-state index contributed by atoms with van der Waals surface area (Å²) in [6, 6.07) is 9.34. The third-order valence-electron chi connectivity index (χ3n) is 7.91. The first-order valence-corrected chi connectivity index (χ1v) is 14.4. The van der Waals surface area contributed by atoms with Crippen LogP contribution >= 0.6 is 0 Å². The zero-order chi connectivity index (χ0) is 27.1. The van der Waals surface area contributed by atoms with Gasteiger partial charge in [-0.15, -0.1) is 0 Å². The van der Waals surface area contributed by atoms with Crippen LogP contribution in [0.25, 0.3) is 0 Å². The lowest BCUT2D eigenvalue weighted by atomic mass is 9.85. The minimum atomic E-state index is -0.797. The van der Waals surface area contributed by atoms with Gasteiger partial charge in [0, 0.05) is 6.54 Å². The van der Waals surface area contributed by atoms with Gasteiger partial charge in [-0.05, 0) is 64.0 Å². The molecule has 9 heteroatoms. The SMILES string of the molecule is CC(C)OC(=O)N1O[C@H](CC2CCCCC2)C(=O)N2C1CN(CCc1ccccc1)C(=O)[C@@H]2CCCCN. The monoisotopic (exact) mass is 528 g/mol. The van der Waals surface area contributed by atoms with Crippen molar-refractivity contribution >= 4 is 17.9 Å². The van der Waals surface area contributed by atoms with E-state index in [0.29, 0.717) is 38.3 Å². The number of nitrogens with zero attached hydrogens (tertiary/aromatic N) is 3. The third kappa shape index (κ3) is 6.86. The standard InChI is InChI=1S/C29H44N4O5/c1-21(2)37-29(36)33-26-20-31(18-16-22-11-5-3-6-12-22)27(34)24(15-9-10-17-30)32(26)28(35)25(38-33)19-23-13-7-4-8-14-23/h3,5-6,11-12,21,23-26H,4,7-10,13-20,30H2,1-2H3/t24-,25+,26?/m0/s1. The van der Waals surface area contributed by atoms with Crippen LogP contribution in [0.15, 0.2) is 30.3 Å². The second-order valence-corrected chi connectivity index (χ2v) is 11.1. The first-order valence-electron chi connectivity index (χ1n) is 14.4. The fourth-order valence-corrected chi connectivity index (χ4v) is 5.96. The molecule has 3 amide bonds. The molecule has 210 valence electrons. The van der Waals surface area contributed by atoms with Crippen molar-refractivity contribution in [1.82, 2.24) is 14.9 Å². The molecule has 3 fully saturated rings. The number of hydroxylamine groups is 2. The van der Waals surface area contributed by atoms with Crippen LogP contribution in [-0.2, 0) is 25.6 Å². The Hall–Kier alpha value is -2.65. The Kier molecular flexibility index (Phi) is 10.0. The Balaban J connectivity index is 1.60. The van der Waals surface area contributed by atoms with Gasteiger partial charge in [0.2, 0.25) is 5.91 Å². The lowest BCUT2D eigenvalue weighted by Gasteiger charge is -2.53. The van der Waals surface area contributed by atoms with Gasteiger partial charge in [0.05, 0.1) is 12.6 Å². The highest BCUT2D eigenvalue weighted by atomic mass is 16.7. The van der Waals surface area contributed by atoms with Gasteiger partial charge in [-0.1, -0.05) is 62.4 Å². The molecule has 0 bridgehead atoms. The van der Waals surface area contributed by atoms with Gasteiger partial charge in [-0.25, -0.2) is 4.79 Å². The quantitative estimate of drug-likeness (QED) is 0.463. The van der Waals surface area contributed by atoms with E-state index in [4.69, 9.17) is 15.3 Å². The highest BCUT2D eigenvalue weighted by Gasteiger charge is 2.53. The molecule has 4 rings (SSSR count). The largest absolute Gasteiger partial charge is 0.445 e. The van der Waals surface area contributed by atoms with Crippen LogP contribution in [-0.4, -0.2) is 76.8 Å². The summed E-state index contributed by atoms with van der Waals surface area (Å²) in [7, 11) is 0. The summed E-state index contributed by atoms with van der Waals surface area (Å²) in [5, 5.41) is 1.24. The number of carbonyl (C=O) groups is 3. The Morgan fingerprint density at radius 3 is 2.50 bits per heavy atom. The number of hydrogen-bond acceptors (Lipinski definition) is 6. The number of nitrogens with two attached hydrogens (primary N) is 1. The van der Waals surface area contributed by atoms with Gasteiger partial charge in [0.25, 0.3) is 5.91 Å². The Morgan fingerprint density at radius 1 is 1.08 bits per heavy atom. The van der Waals surface area contributed by atoms with Gasteiger partial charge in [0.15, 0.2) is 12.3 Å². The topological polar surface area (TPSA) is 105 Å². The number of amides is 3. The van der Waals surface area contributed by atoms with Crippen molar-refractivity contribution in [1.29, 1.82) is 0 Å². The Morgan fingerprint density at radius 2 is 1.82 bits per heavy atom. The molecule has 0 spiro atoms. The number of piperazine rings is 1. The average Bonchev–Trinajstić information content (AvgIpc) is 2.91. The van der Waals surface area contributed by atoms with Gasteiger partial charge >= 0.3 is 6.09 Å². The molecule has 1 aromatic carbocycles. The first kappa shape index (κ1) is 28.4. The number of hydrogen-bond donors (Lipinski definition) is 1. The van der Waals surface area contributed by atoms with E-state index in [9.17, 15) is 14.4 Å². The maximum absolute atomic E-state index is 13.9. The molecule has 2 aliphatic heterocycles. The van der Waals surface area contributed by atoms with E-state index in [0.717, 1.165) is 44.1 Å². The minimum absolute atomic E-state index is 0.0713. The number of benzene rings is 1. The van der Waals surface area contributed by atoms with Crippen LogP contribution < -0.4 is 5.73 Å². The second-order valence-electron chi connectivity index (χ2n) is 11.1. The van der Waals surface area contributed by atoms with Crippen LogP contribution in [0, 0.1) is 5.92 Å². The normalized spacial score (nSPS) is 24.6. The minimum Gasteiger partial charge on any atom is -0.445 e. The van der Waals surface area contributed by atoms with E-state index in [1.165, 1.54) is 11.5 Å². The van der Waals surface area contributed by atoms with Crippen molar-refractivity contribution in [3.63, 3.8) is 0 Å². The van der Waals surface area contributed by atoms with Crippen molar-refractivity contribution in [2.75, 3.05) is 19.6 Å². The summed E-state index contributed by atoms with van der Waals surface area (Å²) in [6.07, 6.45) is 6.36. The molecule has 1 saturated carbocycles. The third-order valence-corrected chi connectivity index (χ3v) is 7.91. The smallest absolute Gasteiger partial charge is 0.436 e. The van der Waals surface area contributed by atoms with Crippen molar-refractivity contribution in [2.45, 2.75) is 102 Å². The molecule has 1 aliphatic carbocycles. The molecular formula is C29H44N4O5. The zero-order valence-corrected chi connectivity index (χ0v) is 22.9. The summed E-state index contributed by atoms with van der Waals surface area (Å²) in [5.74, 6) is 0.108. The van der Waals surface area contributed by atoms with E-state index in [2.05, 4.69) is 0 Å². The summed E-state index contributed by atoms with van der Waals surface area (Å²) >= 11 is 0. The highest BCUT2D eigenvalue weighted by molar-refractivity contribution is 5.92. The molecule has 2 saturated heterocycles. The van der Waals surface area contributed by atoms with E-state index < -0.39 is 24.4 Å². The van der Waals surface area contributed by atoms with Crippen LogP contribution in [0.2, 0.25) is 0 Å². The maximum atomic E-state index is 13.9. The van der Waals surface area contributed by atoms with E-state index in [1.54, 1.807) is 23.6 Å². The molecule has 0 radical (unpaired) electrons. The molecule has 38 heavy (non-hydrogen) atoms. The molecule has 2 heterocycles. The highest BCUT2D eigenvalue weighted by Crippen LogP contribution is 2.35. The summed E-state index contributed by atoms with van der Waals surface area (Å²) in [5.41, 5.74) is 6.87. The zero-order valence-electron chi connectivity index (χ0n) is 22.9. The van der Waals surface area contributed by atoms with Crippen LogP contribution in [0.5, 0.6) is 0 Å². The molecule has 1 unspecified atom stereocenters. The van der Waals surface area contributed by atoms with E-state index in [-0.39, 0.29) is 24.5 Å². The molecule has 0 aromatic heterocycles. The number of ether oxygens (including phenoxy) is 1. The van der Waals surface area contributed by atoms with Gasteiger partial charge in [-0.2, -0.15) is 5.06 Å². The second kappa shape index (κ2) is 13.4. The van der Waals surface area contributed by atoms with E-state index >= 15 is 0 Å². The molecular weight excluding hydrogens is 484 g/mol. The van der Waals surface area contributed by atoms with Crippen molar-refractivity contribution in [2.24, 2.45) is 11.7 Å². The average molecular weight is 529 g/mol. The van der Waals surface area contributed by atoms with Gasteiger partial charge in [-0.3, -0.25) is 14.4 Å². The number of rotatable bonds is 10. The summed E-state index contributed by atoms with van der Waals surface area (Å²) in [6.45, 7) is 4.78. The molecule has 1 aromatic rings. The molecule has 2 N–H and O–H groups in total. The Labute approximate surface area is 226 Å². The van der Waals surface area contributed by atoms with Crippen molar-refractivity contribution in [3.8, 4) is 0 Å². The molecule has 3 atom stereocenters. The van der Waals surface area contributed by atoms with Crippen molar-refractivity contribution < 1.29 is 24.0 Å². The Bertz CT molecular complexity index is 936. The van der Waals surface area contributed by atoms with E-state index in [1.807, 2.05) is 30.3 Å². The first-order chi connectivity index (χ1) is 18.4. The lowest BCUT2D eigenvalue weighted by Crippen LogP contribution is -2.73. The predicted molar refractivity (Wildman–Crippen MR) is 144 cm³/mol. The fourth-order valence-electron chi connectivity index (χ4n) is 5.96. The van der Waals surface area contributed by atoms with Crippen LogP contribution in [0.3, 0.4) is 0 Å². The van der Waals surface area contributed by atoms with Gasteiger partial charge < -0.3 is 20.3 Å². The van der Waals surface area contributed by atoms with Crippen molar-refractivity contribution in [3.05, 3.63) is 35.9 Å². The predicted octanol–water partition coefficient (Wildman–Crippen LogP) is 3.85. The number of unbranched alkanes of at least 4 members (excludes halogenated alkanes) is 1. The number of fused-ring (bicyclic) bond motifs is 1. The lowest BCUT2D eigenvalue weighted by molar-refractivity contribution is -0.270. The van der Waals surface area contributed by atoms with Crippen LogP contribution in [0.1, 0.15) is 77.2 Å². The van der Waals surface area contributed by atoms with Gasteiger partial charge in [0.1, 0.15) is 6.04 Å². The van der Waals surface area contributed by atoms with Crippen LogP contribution in [0.4, 0.5) is 4.79 Å². The maximum Gasteiger partial charge on any atom is 0.436 e.